The van der Waals surface area contributed by atoms with Crippen molar-refractivity contribution in [2.24, 2.45) is 0 Å². The SMILES string of the molecule is COc1ccc(Cl)cc1NC(=O)Nc1ccc(-n2cccc2)cc1. The summed E-state index contributed by atoms with van der Waals surface area (Å²) in [6.45, 7) is 0. The van der Waals surface area contributed by atoms with Crippen molar-refractivity contribution in [2.75, 3.05) is 17.7 Å². The largest absolute Gasteiger partial charge is 0.495 e. The molecule has 3 aromatic rings. The molecule has 1 aromatic heterocycles. The number of hydrogen-bond acceptors (Lipinski definition) is 2. The quantitative estimate of drug-likeness (QED) is 0.717. The highest BCUT2D eigenvalue weighted by Gasteiger charge is 2.08. The first-order valence-corrected chi connectivity index (χ1v) is 7.68. The standard InChI is InChI=1S/C18H16ClN3O2/c1-24-17-9-4-13(19)12-16(17)21-18(23)20-14-5-7-15(8-6-14)22-10-2-3-11-22/h2-12H,1H3,(H2,20,21,23). The predicted octanol–water partition coefficient (Wildman–Crippen LogP) is 4.78. The van der Waals surface area contributed by atoms with E-state index in [1.807, 2.05) is 53.4 Å². The van der Waals surface area contributed by atoms with E-state index in [9.17, 15) is 4.79 Å². The molecule has 0 atom stereocenters. The van der Waals surface area contributed by atoms with Gasteiger partial charge in [0.25, 0.3) is 0 Å². The zero-order valence-corrected chi connectivity index (χ0v) is 13.7. The summed E-state index contributed by atoms with van der Waals surface area (Å²) in [5, 5.41) is 6.02. The second kappa shape index (κ2) is 7.10. The Labute approximate surface area is 144 Å². The first-order valence-electron chi connectivity index (χ1n) is 7.30. The van der Waals surface area contributed by atoms with Crippen LogP contribution < -0.4 is 15.4 Å². The van der Waals surface area contributed by atoms with Gasteiger partial charge in [-0.15, -0.1) is 0 Å². The van der Waals surface area contributed by atoms with E-state index in [-0.39, 0.29) is 6.03 Å². The van der Waals surface area contributed by atoms with E-state index in [0.717, 1.165) is 5.69 Å². The number of halogens is 1. The lowest BCUT2D eigenvalue weighted by atomic mass is 10.2. The molecule has 1 heterocycles. The minimum atomic E-state index is -0.371. The Bertz CT molecular complexity index is 830. The maximum atomic E-state index is 12.1. The number of ether oxygens (including phenoxy) is 1. The summed E-state index contributed by atoms with van der Waals surface area (Å²) in [5.41, 5.74) is 2.21. The van der Waals surface area contributed by atoms with Crippen molar-refractivity contribution in [3.8, 4) is 11.4 Å². The van der Waals surface area contributed by atoms with Crippen molar-refractivity contribution in [3.63, 3.8) is 0 Å². The molecule has 0 radical (unpaired) electrons. The van der Waals surface area contributed by atoms with Gasteiger partial charge >= 0.3 is 6.03 Å². The molecule has 2 aromatic carbocycles. The molecule has 0 spiro atoms. The third kappa shape index (κ3) is 3.70. The lowest BCUT2D eigenvalue weighted by Crippen LogP contribution is -2.19. The maximum absolute atomic E-state index is 12.1. The highest BCUT2D eigenvalue weighted by Crippen LogP contribution is 2.27. The van der Waals surface area contributed by atoms with Crippen molar-refractivity contribution in [1.82, 2.24) is 4.57 Å². The molecule has 0 bridgehead atoms. The molecule has 3 rings (SSSR count). The van der Waals surface area contributed by atoms with Crippen molar-refractivity contribution in [2.45, 2.75) is 0 Å². The van der Waals surface area contributed by atoms with Crippen molar-refractivity contribution < 1.29 is 9.53 Å². The molecule has 6 heteroatoms. The molecule has 122 valence electrons. The van der Waals surface area contributed by atoms with Gasteiger partial charge in [-0.2, -0.15) is 0 Å². The molecule has 0 aliphatic heterocycles. The van der Waals surface area contributed by atoms with Crippen molar-refractivity contribution >= 4 is 29.0 Å². The molecule has 2 N–H and O–H groups in total. The number of carbonyl (C=O) groups excluding carboxylic acids is 1. The van der Waals surface area contributed by atoms with Crippen LogP contribution in [-0.2, 0) is 0 Å². The molecule has 0 aliphatic rings. The van der Waals surface area contributed by atoms with Gasteiger partial charge in [0.05, 0.1) is 12.8 Å². The van der Waals surface area contributed by atoms with Gasteiger partial charge < -0.3 is 19.9 Å². The zero-order chi connectivity index (χ0) is 16.9. The van der Waals surface area contributed by atoms with E-state index >= 15 is 0 Å². The van der Waals surface area contributed by atoms with E-state index in [0.29, 0.717) is 22.1 Å². The first-order chi connectivity index (χ1) is 11.7. The Hall–Kier alpha value is -2.92. The van der Waals surface area contributed by atoms with E-state index in [1.165, 1.54) is 7.11 Å². The van der Waals surface area contributed by atoms with Crippen LogP contribution in [0.25, 0.3) is 5.69 Å². The molecule has 24 heavy (non-hydrogen) atoms. The van der Waals surface area contributed by atoms with Gasteiger partial charge in [-0.3, -0.25) is 0 Å². The van der Waals surface area contributed by atoms with Gasteiger partial charge in [-0.05, 0) is 54.6 Å². The van der Waals surface area contributed by atoms with Crippen molar-refractivity contribution in [3.05, 3.63) is 72.0 Å². The summed E-state index contributed by atoms with van der Waals surface area (Å²) in [6, 6.07) is 16.1. The van der Waals surface area contributed by atoms with E-state index < -0.39 is 0 Å². The van der Waals surface area contributed by atoms with Gasteiger partial charge in [0.1, 0.15) is 5.75 Å². The second-order valence-electron chi connectivity index (χ2n) is 5.06. The third-order valence-electron chi connectivity index (χ3n) is 3.44. The summed E-state index contributed by atoms with van der Waals surface area (Å²) in [6.07, 6.45) is 3.92. The van der Waals surface area contributed by atoms with Gasteiger partial charge in [0, 0.05) is 28.8 Å². The Balaban J connectivity index is 1.68. The van der Waals surface area contributed by atoms with Crippen LogP contribution in [0.5, 0.6) is 5.75 Å². The van der Waals surface area contributed by atoms with Crippen LogP contribution in [0.1, 0.15) is 0 Å². The molecular formula is C18H16ClN3O2. The second-order valence-corrected chi connectivity index (χ2v) is 5.50. The highest BCUT2D eigenvalue weighted by atomic mass is 35.5. The van der Waals surface area contributed by atoms with Gasteiger partial charge in [0.15, 0.2) is 0 Å². The lowest BCUT2D eigenvalue weighted by molar-refractivity contribution is 0.262. The number of urea groups is 1. The average Bonchev–Trinajstić information content (AvgIpc) is 3.10. The fourth-order valence-electron chi connectivity index (χ4n) is 2.29. The summed E-state index contributed by atoms with van der Waals surface area (Å²) in [4.78, 5) is 12.1. The van der Waals surface area contributed by atoms with Crippen LogP contribution in [0.3, 0.4) is 0 Å². The Morgan fingerprint density at radius 2 is 1.75 bits per heavy atom. The smallest absolute Gasteiger partial charge is 0.323 e. The monoisotopic (exact) mass is 341 g/mol. The van der Waals surface area contributed by atoms with Crippen LogP contribution in [-0.4, -0.2) is 17.7 Å². The number of methoxy groups -OCH3 is 1. The van der Waals surface area contributed by atoms with Gasteiger partial charge in [-0.1, -0.05) is 11.6 Å². The Morgan fingerprint density at radius 3 is 2.42 bits per heavy atom. The van der Waals surface area contributed by atoms with Crippen LogP contribution in [0, 0.1) is 0 Å². The number of aromatic nitrogens is 1. The van der Waals surface area contributed by atoms with Crippen LogP contribution in [0.2, 0.25) is 5.02 Å². The van der Waals surface area contributed by atoms with E-state index in [1.54, 1.807) is 18.2 Å². The van der Waals surface area contributed by atoms with Crippen LogP contribution in [0.15, 0.2) is 67.0 Å². The highest BCUT2D eigenvalue weighted by molar-refractivity contribution is 6.31. The minimum absolute atomic E-state index is 0.371. The summed E-state index contributed by atoms with van der Waals surface area (Å²) in [7, 11) is 1.53. The number of benzene rings is 2. The molecule has 0 fully saturated rings. The molecule has 0 unspecified atom stereocenters. The summed E-state index contributed by atoms with van der Waals surface area (Å²) in [5.74, 6) is 0.539. The lowest BCUT2D eigenvalue weighted by Gasteiger charge is -2.12. The van der Waals surface area contributed by atoms with Crippen LogP contribution in [0.4, 0.5) is 16.2 Å². The van der Waals surface area contributed by atoms with Gasteiger partial charge in [0.2, 0.25) is 0 Å². The summed E-state index contributed by atoms with van der Waals surface area (Å²) >= 11 is 5.95. The number of amides is 2. The Morgan fingerprint density at radius 1 is 1.04 bits per heavy atom. The molecule has 0 saturated carbocycles. The number of nitrogens with zero attached hydrogens (tertiary/aromatic N) is 1. The predicted molar refractivity (Wildman–Crippen MR) is 96.4 cm³/mol. The normalized spacial score (nSPS) is 10.2. The Kier molecular flexibility index (Phi) is 4.72. The van der Waals surface area contributed by atoms with Crippen LogP contribution >= 0.6 is 11.6 Å². The molecule has 2 amide bonds. The molecular weight excluding hydrogens is 326 g/mol. The maximum Gasteiger partial charge on any atom is 0.323 e. The fraction of sp³-hybridized carbons (Fsp3) is 0.0556. The number of rotatable bonds is 4. The molecule has 5 nitrogen and oxygen atoms in total. The molecule has 0 aliphatic carbocycles. The molecule has 0 saturated heterocycles. The number of nitrogens with one attached hydrogen (secondary N) is 2. The third-order valence-corrected chi connectivity index (χ3v) is 3.67. The summed E-state index contributed by atoms with van der Waals surface area (Å²) < 4.78 is 7.19. The number of anilines is 2. The number of carbonyl (C=O) groups is 1. The number of hydrogen-bond donors (Lipinski definition) is 2. The first kappa shape index (κ1) is 16.0. The average molecular weight is 342 g/mol. The minimum Gasteiger partial charge on any atom is -0.495 e. The van der Waals surface area contributed by atoms with E-state index in [2.05, 4.69) is 10.6 Å². The topological polar surface area (TPSA) is 55.3 Å². The van der Waals surface area contributed by atoms with Crippen molar-refractivity contribution in [1.29, 1.82) is 0 Å². The van der Waals surface area contributed by atoms with E-state index in [4.69, 9.17) is 16.3 Å². The van der Waals surface area contributed by atoms with Gasteiger partial charge in [-0.25, -0.2) is 4.79 Å². The fourth-order valence-corrected chi connectivity index (χ4v) is 2.46. The zero-order valence-electron chi connectivity index (χ0n) is 13.0.